The van der Waals surface area contributed by atoms with E-state index in [1.54, 1.807) is 19.6 Å². The number of ether oxygens (including phenoxy) is 1. The van der Waals surface area contributed by atoms with Gasteiger partial charge in [0.2, 0.25) is 0 Å². The number of aromatic nitrogens is 2. The van der Waals surface area contributed by atoms with Gasteiger partial charge in [0, 0.05) is 43.5 Å². The number of Topliss-reactive ketones (excluding diaryl/α,β-unsaturated/α-hetero) is 1. The molecule has 5 heteroatoms. The van der Waals surface area contributed by atoms with Crippen LogP contribution in [-0.4, -0.2) is 22.9 Å². The number of methoxy groups -OCH3 is 1. The lowest BCUT2D eigenvalue weighted by Gasteiger charge is -2.15. The van der Waals surface area contributed by atoms with E-state index in [4.69, 9.17) is 9.15 Å². The van der Waals surface area contributed by atoms with Crippen molar-refractivity contribution in [2.45, 2.75) is 51.0 Å². The zero-order chi connectivity index (χ0) is 18.9. The van der Waals surface area contributed by atoms with Gasteiger partial charge in [-0.3, -0.25) is 9.78 Å². The lowest BCUT2D eigenvalue weighted by atomic mass is 10.0. The fourth-order valence-corrected chi connectivity index (χ4v) is 3.24. The Kier molecular flexibility index (Phi) is 7.11. The van der Waals surface area contributed by atoms with Gasteiger partial charge in [0.15, 0.2) is 5.89 Å². The lowest BCUT2D eigenvalue weighted by molar-refractivity contribution is -0.121. The molecule has 27 heavy (non-hydrogen) atoms. The summed E-state index contributed by atoms with van der Waals surface area (Å²) in [5.74, 6) is 1.03. The predicted molar refractivity (Wildman–Crippen MR) is 104 cm³/mol. The van der Waals surface area contributed by atoms with Crippen LogP contribution in [0, 0.1) is 0 Å². The van der Waals surface area contributed by atoms with Gasteiger partial charge in [-0.1, -0.05) is 31.0 Å². The van der Waals surface area contributed by atoms with Crippen LogP contribution in [0.3, 0.4) is 0 Å². The summed E-state index contributed by atoms with van der Waals surface area (Å²) in [6.45, 7) is 0. The van der Waals surface area contributed by atoms with Crippen molar-refractivity contribution in [1.29, 1.82) is 0 Å². The van der Waals surface area contributed by atoms with E-state index >= 15 is 0 Å². The minimum absolute atomic E-state index is 0.236. The summed E-state index contributed by atoms with van der Waals surface area (Å²) in [7, 11) is 1.65. The number of hydrogen-bond donors (Lipinski definition) is 0. The number of unbranched alkanes of at least 4 members (excludes halogenated alkanes) is 3. The monoisotopic (exact) mass is 366 g/mol. The first-order valence-electron chi connectivity index (χ1n) is 9.54. The third-order valence-electron chi connectivity index (χ3n) is 4.76. The molecule has 0 aliphatic rings. The van der Waals surface area contributed by atoms with Crippen LogP contribution in [-0.2, 0) is 16.0 Å². The van der Waals surface area contributed by atoms with Gasteiger partial charge in [-0.25, -0.2) is 4.98 Å². The highest BCUT2D eigenvalue weighted by molar-refractivity contribution is 5.80. The Hall–Kier alpha value is -2.53. The number of carbonyl (C=O) groups excluding carboxylic acids is 1. The largest absolute Gasteiger partial charge is 0.449 e. The number of nitrogens with zero attached hydrogens (tertiary/aromatic N) is 2. The van der Waals surface area contributed by atoms with Gasteiger partial charge in [-0.05, 0) is 25.0 Å². The quantitative estimate of drug-likeness (QED) is 0.444. The molecule has 1 atom stereocenters. The number of carbonyl (C=O) groups is 1. The molecule has 0 N–H and O–H groups in total. The van der Waals surface area contributed by atoms with Crippen molar-refractivity contribution in [3.8, 4) is 0 Å². The molecular weight excluding hydrogens is 340 g/mol. The maximum absolute atomic E-state index is 12.3. The summed E-state index contributed by atoms with van der Waals surface area (Å²) < 4.78 is 10.8. The topological polar surface area (TPSA) is 65.2 Å². The van der Waals surface area contributed by atoms with Crippen LogP contribution < -0.4 is 0 Å². The summed E-state index contributed by atoms with van der Waals surface area (Å²) in [5, 5.41) is 1.07. The number of fused-ring (bicyclic) bond motifs is 1. The van der Waals surface area contributed by atoms with Crippen LogP contribution in [0.4, 0.5) is 0 Å². The SMILES string of the molecule is COC(CC(=O)CCCCCCc1ncco1)c1cnc2ccccc2c1. The average Bonchev–Trinajstić information content (AvgIpc) is 3.22. The van der Waals surface area contributed by atoms with E-state index in [0.29, 0.717) is 12.8 Å². The van der Waals surface area contributed by atoms with Crippen molar-refractivity contribution in [2.24, 2.45) is 0 Å². The van der Waals surface area contributed by atoms with Crippen LogP contribution in [0.1, 0.15) is 56.1 Å². The van der Waals surface area contributed by atoms with Gasteiger partial charge in [0.25, 0.3) is 0 Å². The zero-order valence-corrected chi connectivity index (χ0v) is 15.8. The van der Waals surface area contributed by atoms with E-state index in [1.807, 2.05) is 30.5 Å². The number of rotatable bonds is 11. The molecule has 0 saturated carbocycles. The molecule has 0 amide bonds. The maximum atomic E-state index is 12.3. The van der Waals surface area contributed by atoms with E-state index < -0.39 is 0 Å². The fourth-order valence-electron chi connectivity index (χ4n) is 3.24. The minimum atomic E-state index is -0.236. The summed E-state index contributed by atoms with van der Waals surface area (Å²) in [4.78, 5) is 20.9. The molecule has 0 aliphatic carbocycles. The number of aryl methyl sites for hydroxylation is 1. The predicted octanol–water partition coefficient (Wildman–Crippen LogP) is 5.06. The first kappa shape index (κ1) is 19.2. The number of hydrogen-bond acceptors (Lipinski definition) is 5. The van der Waals surface area contributed by atoms with Gasteiger partial charge >= 0.3 is 0 Å². The van der Waals surface area contributed by atoms with Crippen molar-refractivity contribution in [1.82, 2.24) is 9.97 Å². The molecule has 0 saturated heterocycles. The molecule has 142 valence electrons. The first-order valence-corrected chi connectivity index (χ1v) is 9.54. The van der Waals surface area contributed by atoms with Gasteiger partial charge in [-0.2, -0.15) is 0 Å². The smallest absolute Gasteiger partial charge is 0.193 e. The van der Waals surface area contributed by atoms with Crippen molar-refractivity contribution in [3.05, 3.63) is 60.4 Å². The van der Waals surface area contributed by atoms with E-state index in [0.717, 1.165) is 54.5 Å². The molecular formula is C22H26N2O3. The third kappa shape index (κ3) is 5.73. The number of para-hydroxylation sites is 1. The Morgan fingerprint density at radius 2 is 2.00 bits per heavy atom. The van der Waals surface area contributed by atoms with E-state index in [1.165, 1.54) is 0 Å². The number of oxazole rings is 1. The van der Waals surface area contributed by atoms with E-state index in [2.05, 4.69) is 16.0 Å². The van der Waals surface area contributed by atoms with Crippen LogP contribution in [0.5, 0.6) is 0 Å². The summed E-state index contributed by atoms with van der Waals surface area (Å²) in [6, 6.07) is 10.0. The summed E-state index contributed by atoms with van der Waals surface area (Å²) >= 11 is 0. The Labute approximate surface area is 159 Å². The third-order valence-corrected chi connectivity index (χ3v) is 4.76. The average molecular weight is 366 g/mol. The second-order valence-electron chi connectivity index (χ2n) is 6.77. The van der Waals surface area contributed by atoms with Gasteiger partial charge in [0.05, 0.1) is 17.8 Å². The molecule has 0 radical (unpaired) electrons. The molecule has 0 bridgehead atoms. The molecule has 1 unspecified atom stereocenters. The van der Waals surface area contributed by atoms with Crippen LogP contribution in [0.25, 0.3) is 10.9 Å². The zero-order valence-electron chi connectivity index (χ0n) is 15.8. The molecule has 0 fully saturated rings. The van der Waals surface area contributed by atoms with Gasteiger partial charge < -0.3 is 9.15 Å². The highest BCUT2D eigenvalue weighted by Gasteiger charge is 2.16. The Morgan fingerprint density at radius 1 is 1.15 bits per heavy atom. The lowest BCUT2D eigenvalue weighted by Crippen LogP contribution is -2.09. The first-order chi connectivity index (χ1) is 13.3. The molecule has 0 spiro atoms. The second kappa shape index (κ2) is 9.97. The van der Waals surface area contributed by atoms with E-state index in [9.17, 15) is 4.79 Å². The molecule has 1 aromatic carbocycles. The second-order valence-corrected chi connectivity index (χ2v) is 6.77. The standard InChI is InChI=1S/C22H26N2O3/c1-26-21(18-14-17-8-6-7-10-20(17)24-16-18)15-19(25)9-4-2-3-5-11-22-23-12-13-27-22/h6-8,10,12-14,16,21H,2-5,9,11,15H2,1H3. The van der Waals surface area contributed by atoms with Gasteiger partial charge in [-0.15, -0.1) is 0 Å². The number of pyridine rings is 1. The molecule has 5 nitrogen and oxygen atoms in total. The van der Waals surface area contributed by atoms with E-state index in [-0.39, 0.29) is 11.9 Å². The summed E-state index contributed by atoms with van der Waals surface area (Å²) in [5.41, 5.74) is 1.91. The van der Waals surface area contributed by atoms with Gasteiger partial charge in [0.1, 0.15) is 12.0 Å². The van der Waals surface area contributed by atoms with Crippen molar-refractivity contribution >= 4 is 16.7 Å². The molecule has 2 aromatic heterocycles. The Morgan fingerprint density at radius 3 is 2.81 bits per heavy atom. The van der Waals surface area contributed by atoms with Crippen LogP contribution >= 0.6 is 0 Å². The highest BCUT2D eigenvalue weighted by Crippen LogP contribution is 2.24. The van der Waals surface area contributed by atoms with Crippen molar-refractivity contribution in [2.75, 3.05) is 7.11 Å². The number of ketones is 1. The Balaban J connectivity index is 1.41. The fraction of sp³-hybridized carbons (Fsp3) is 0.409. The molecule has 0 aliphatic heterocycles. The maximum Gasteiger partial charge on any atom is 0.193 e. The number of benzene rings is 1. The molecule has 3 aromatic rings. The minimum Gasteiger partial charge on any atom is -0.449 e. The molecule has 3 rings (SSSR count). The molecule has 2 heterocycles. The normalized spacial score (nSPS) is 12.3. The van der Waals surface area contributed by atoms with Crippen molar-refractivity contribution in [3.63, 3.8) is 0 Å². The van der Waals surface area contributed by atoms with Crippen LogP contribution in [0.15, 0.2) is 53.4 Å². The van der Waals surface area contributed by atoms with Crippen LogP contribution in [0.2, 0.25) is 0 Å². The Bertz CT molecular complexity index is 846. The highest BCUT2D eigenvalue weighted by atomic mass is 16.5. The summed E-state index contributed by atoms with van der Waals surface area (Å²) in [6.07, 6.45) is 10.8. The van der Waals surface area contributed by atoms with Crippen molar-refractivity contribution < 1.29 is 13.9 Å².